The molecule has 1 N–H and O–H groups in total. The van der Waals surface area contributed by atoms with E-state index in [1.54, 1.807) is 24.4 Å². The van der Waals surface area contributed by atoms with Gasteiger partial charge < -0.3 is 5.32 Å². The maximum Gasteiger partial charge on any atom is 0.219 e. The molecule has 0 bridgehead atoms. The van der Waals surface area contributed by atoms with Gasteiger partial charge in [0.2, 0.25) is 19.7 Å². The minimum atomic E-state index is -4.39. The summed E-state index contributed by atoms with van der Waals surface area (Å²) in [5.41, 5.74) is 0.612. The van der Waals surface area contributed by atoms with Gasteiger partial charge in [0.15, 0.2) is 4.24 Å². The lowest BCUT2D eigenvalue weighted by Gasteiger charge is -2.12. The third kappa shape index (κ3) is 5.02. The molecular formula is C20H16Cl2N2O4S2. The Morgan fingerprint density at radius 1 is 0.800 bits per heavy atom. The molecule has 0 saturated heterocycles. The van der Waals surface area contributed by atoms with Crippen molar-refractivity contribution >= 4 is 42.9 Å². The van der Waals surface area contributed by atoms with Gasteiger partial charge in [-0.25, -0.2) is 16.8 Å². The van der Waals surface area contributed by atoms with Gasteiger partial charge in [0.05, 0.1) is 22.0 Å². The number of sulfone groups is 2. The summed E-state index contributed by atoms with van der Waals surface area (Å²) in [7, 11) is -8.78. The standard InChI is InChI=1S/C20H16Cl2N2O4S2/c21-15-4-8-18(9-5-15)29(25,26)20(14-23-13-17-3-1-2-12-24-17)30(27,28)19-10-6-16(22)7-11-19/h1-12,14,23H,13H2. The summed E-state index contributed by atoms with van der Waals surface area (Å²) in [6.07, 6.45) is 2.55. The van der Waals surface area contributed by atoms with Crippen LogP contribution in [0.5, 0.6) is 0 Å². The monoisotopic (exact) mass is 482 g/mol. The van der Waals surface area contributed by atoms with Crippen molar-refractivity contribution in [1.29, 1.82) is 0 Å². The topological polar surface area (TPSA) is 93.2 Å². The number of rotatable bonds is 7. The quantitative estimate of drug-likeness (QED) is 0.541. The summed E-state index contributed by atoms with van der Waals surface area (Å²) in [4.78, 5) is 3.72. The number of halogens is 2. The van der Waals surface area contributed by atoms with Crippen molar-refractivity contribution < 1.29 is 16.8 Å². The Bertz CT molecular complexity index is 1180. The molecule has 0 aliphatic heterocycles. The van der Waals surface area contributed by atoms with Crippen molar-refractivity contribution in [3.05, 3.63) is 99.1 Å². The second kappa shape index (κ2) is 9.18. The van der Waals surface area contributed by atoms with Crippen molar-refractivity contribution in [2.45, 2.75) is 16.3 Å². The van der Waals surface area contributed by atoms with Crippen molar-refractivity contribution in [2.75, 3.05) is 0 Å². The van der Waals surface area contributed by atoms with Crippen LogP contribution in [-0.2, 0) is 26.2 Å². The Labute approximate surface area is 185 Å². The van der Waals surface area contributed by atoms with E-state index in [4.69, 9.17) is 23.2 Å². The summed E-state index contributed by atoms with van der Waals surface area (Å²) in [5.74, 6) is 0. The van der Waals surface area contributed by atoms with Crippen LogP contribution in [0.4, 0.5) is 0 Å². The number of hydrogen-bond acceptors (Lipinski definition) is 6. The zero-order valence-corrected chi connectivity index (χ0v) is 18.5. The Kier molecular flexibility index (Phi) is 6.82. The molecule has 0 aliphatic carbocycles. The second-order valence-corrected chi connectivity index (χ2v) is 11.0. The fraction of sp³-hybridized carbons (Fsp3) is 0.0500. The Balaban J connectivity index is 2.07. The molecule has 0 fully saturated rings. The lowest BCUT2D eigenvalue weighted by molar-refractivity contribution is 0.594. The Morgan fingerprint density at radius 2 is 1.30 bits per heavy atom. The van der Waals surface area contributed by atoms with E-state index in [-0.39, 0.29) is 16.3 Å². The van der Waals surface area contributed by atoms with Gasteiger partial charge in [-0.15, -0.1) is 0 Å². The molecule has 0 saturated carbocycles. The van der Waals surface area contributed by atoms with Crippen LogP contribution in [0, 0.1) is 0 Å². The van der Waals surface area contributed by atoms with Crippen LogP contribution in [0.1, 0.15) is 5.69 Å². The Hall–Kier alpha value is -2.39. The number of nitrogens with one attached hydrogen (secondary N) is 1. The minimum Gasteiger partial charge on any atom is -0.384 e. The van der Waals surface area contributed by atoms with Crippen LogP contribution < -0.4 is 5.32 Å². The predicted octanol–water partition coefficient (Wildman–Crippen LogP) is 4.22. The molecule has 0 spiro atoms. The number of benzene rings is 2. The lowest BCUT2D eigenvalue weighted by Crippen LogP contribution is -2.19. The molecule has 1 aromatic heterocycles. The zero-order chi connectivity index (χ0) is 21.8. The maximum absolute atomic E-state index is 13.2. The summed E-state index contributed by atoms with van der Waals surface area (Å²) in [5, 5.41) is 3.40. The van der Waals surface area contributed by atoms with Crippen LogP contribution in [0.25, 0.3) is 0 Å². The summed E-state index contributed by atoms with van der Waals surface area (Å²) in [6.45, 7) is 0.136. The highest BCUT2D eigenvalue weighted by Gasteiger charge is 2.33. The third-order valence-electron chi connectivity index (χ3n) is 4.01. The van der Waals surface area contributed by atoms with Crippen molar-refractivity contribution in [2.24, 2.45) is 0 Å². The van der Waals surface area contributed by atoms with Crippen LogP contribution in [-0.4, -0.2) is 21.8 Å². The molecule has 2 aromatic carbocycles. The highest BCUT2D eigenvalue weighted by molar-refractivity contribution is 8.14. The molecule has 0 aliphatic rings. The van der Waals surface area contributed by atoms with Crippen LogP contribution in [0.2, 0.25) is 10.0 Å². The molecule has 30 heavy (non-hydrogen) atoms. The molecule has 156 valence electrons. The molecular weight excluding hydrogens is 467 g/mol. The lowest BCUT2D eigenvalue weighted by atomic mass is 10.3. The molecule has 10 heteroatoms. The van der Waals surface area contributed by atoms with E-state index in [9.17, 15) is 16.8 Å². The molecule has 1 heterocycles. The van der Waals surface area contributed by atoms with Crippen LogP contribution in [0.3, 0.4) is 0 Å². The van der Waals surface area contributed by atoms with Crippen molar-refractivity contribution in [3.63, 3.8) is 0 Å². The highest BCUT2D eigenvalue weighted by atomic mass is 35.5. The first-order valence-electron chi connectivity index (χ1n) is 8.56. The summed E-state index contributed by atoms with van der Waals surface area (Å²) in [6, 6.07) is 15.7. The minimum absolute atomic E-state index is 0.136. The van der Waals surface area contributed by atoms with Gasteiger partial charge in [0.1, 0.15) is 0 Å². The van der Waals surface area contributed by atoms with Gasteiger partial charge in [-0.2, -0.15) is 0 Å². The fourth-order valence-corrected chi connectivity index (χ4v) is 6.42. The van der Waals surface area contributed by atoms with Crippen molar-refractivity contribution in [3.8, 4) is 0 Å². The average Bonchev–Trinajstić information content (AvgIpc) is 2.72. The maximum atomic E-state index is 13.2. The highest BCUT2D eigenvalue weighted by Crippen LogP contribution is 2.30. The van der Waals surface area contributed by atoms with Gasteiger partial charge in [-0.1, -0.05) is 29.3 Å². The van der Waals surface area contributed by atoms with Crippen LogP contribution in [0.15, 0.2) is 93.2 Å². The SMILES string of the molecule is O=S(=O)(C(=CNCc1ccccn1)S(=O)(=O)c1ccc(Cl)cc1)c1ccc(Cl)cc1. The molecule has 0 atom stereocenters. The smallest absolute Gasteiger partial charge is 0.219 e. The average molecular weight is 483 g/mol. The molecule has 3 aromatic rings. The first-order chi connectivity index (χ1) is 14.2. The van der Waals surface area contributed by atoms with E-state index in [0.29, 0.717) is 15.7 Å². The van der Waals surface area contributed by atoms with Gasteiger partial charge in [0.25, 0.3) is 0 Å². The summed E-state index contributed by atoms with van der Waals surface area (Å²) >= 11 is 11.7. The van der Waals surface area contributed by atoms with E-state index >= 15 is 0 Å². The second-order valence-electron chi connectivity index (χ2n) is 6.08. The number of pyridine rings is 1. The van der Waals surface area contributed by atoms with Gasteiger partial charge in [-0.3, -0.25) is 4.98 Å². The largest absolute Gasteiger partial charge is 0.384 e. The van der Waals surface area contributed by atoms with Gasteiger partial charge in [-0.05, 0) is 60.7 Å². The predicted molar refractivity (Wildman–Crippen MR) is 116 cm³/mol. The van der Waals surface area contributed by atoms with E-state index in [1.165, 1.54) is 48.5 Å². The Morgan fingerprint density at radius 3 is 1.73 bits per heavy atom. The fourth-order valence-electron chi connectivity index (χ4n) is 2.50. The normalized spacial score (nSPS) is 11.7. The molecule has 0 amide bonds. The van der Waals surface area contributed by atoms with E-state index in [0.717, 1.165) is 6.20 Å². The van der Waals surface area contributed by atoms with Crippen LogP contribution >= 0.6 is 23.2 Å². The molecule has 0 radical (unpaired) electrons. The number of hydrogen-bond donors (Lipinski definition) is 1. The number of nitrogens with zero attached hydrogens (tertiary/aromatic N) is 1. The molecule has 3 rings (SSSR count). The molecule has 6 nitrogen and oxygen atoms in total. The van der Waals surface area contributed by atoms with E-state index < -0.39 is 23.9 Å². The third-order valence-corrected chi connectivity index (χ3v) is 8.91. The first-order valence-corrected chi connectivity index (χ1v) is 12.3. The van der Waals surface area contributed by atoms with E-state index in [2.05, 4.69) is 10.3 Å². The van der Waals surface area contributed by atoms with Crippen molar-refractivity contribution in [1.82, 2.24) is 10.3 Å². The molecule has 0 unspecified atom stereocenters. The number of aromatic nitrogens is 1. The first kappa shape index (κ1) is 22.3. The zero-order valence-electron chi connectivity index (χ0n) is 15.4. The van der Waals surface area contributed by atoms with E-state index in [1.807, 2.05) is 0 Å². The summed E-state index contributed by atoms with van der Waals surface area (Å²) < 4.78 is 52.0. The van der Waals surface area contributed by atoms with Gasteiger partial charge in [0, 0.05) is 22.4 Å². The van der Waals surface area contributed by atoms with Gasteiger partial charge >= 0.3 is 0 Å².